The molecule has 0 radical (unpaired) electrons. The topological polar surface area (TPSA) is 110 Å². The van der Waals surface area contributed by atoms with Crippen LogP contribution in [-0.4, -0.2) is 37.1 Å². The molecule has 9 heteroatoms. The van der Waals surface area contributed by atoms with Gasteiger partial charge in [-0.25, -0.2) is 4.98 Å². The number of hydrogen-bond acceptors (Lipinski definition) is 5. The van der Waals surface area contributed by atoms with Crippen LogP contribution in [0.3, 0.4) is 0 Å². The van der Waals surface area contributed by atoms with Crippen LogP contribution in [-0.2, 0) is 4.74 Å². The molecule has 1 atom stereocenters. The Bertz CT molecular complexity index is 1270. The molecule has 1 unspecified atom stereocenters. The number of amides is 1. The Morgan fingerprint density at radius 1 is 1.26 bits per heavy atom. The SMILES string of the molecule is CC1(C)CCC(c2cn3cc(C(=O)Nc4cccn(C5CC5)c4=O)c(=O)[nH]c3n2)CO1. The molecule has 0 bridgehead atoms. The normalized spacial score (nSPS) is 20.6. The van der Waals surface area contributed by atoms with Gasteiger partial charge in [-0.1, -0.05) is 0 Å². The monoisotopic (exact) mass is 423 g/mol. The van der Waals surface area contributed by atoms with E-state index in [0.717, 1.165) is 31.4 Å². The number of ether oxygens (including phenoxy) is 1. The summed E-state index contributed by atoms with van der Waals surface area (Å²) in [7, 11) is 0. The van der Waals surface area contributed by atoms with Gasteiger partial charge in [0.05, 0.1) is 17.9 Å². The minimum atomic E-state index is -0.633. The summed E-state index contributed by atoms with van der Waals surface area (Å²) in [5.41, 5.74) is -0.0577. The van der Waals surface area contributed by atoms with Crippen LogP contribution >= 0.6 is 0 Å². The molecule has 1 saturated heterocycles. The van der Waals surface area contributed by atoms with E-state index < -0.39 is 11.5 Å². The molecular formula is C22H25N5O4. The van der Waals surface area contributed by atoms with E-state index in [1.807, 2.05) is 6.20 Å². The minimum Gasteiger partial charge on any atom is -0.375 e. The molecule has 1 amide bonds. The van der Waals surface area contributed by atoms with Crippen molar-refractivity contribution in [3.05, 3.63) is 62.7 Å². The lowest BCUT2D eigenvalue weighted by Crippen LogP contribution is -2.32. The number of aromatic nitrogens is 4. The molecule has 2 fully saturated rings. The summed E-state index contributed by atoms with van der Waals surface area (Å²) in [6.45, 7) is 4.71. The predicted octanol–water partition coefficient (Wildman–Crippen LogP) is 2.44. The van der Waals surface area contributed by atoms with Crippen LogP contribution in [0.1, 0.15) is 67.5 Å². The minimum absolute atomic E-state index is 0.0845. The summed E-state index contributed by atoms with van der Waals surface area (Å²) in [5, 5.41) is 2.59. The average molecular weight is 423 g/mol. The number of carbonyl (C=O) groups is 1. The molecule has 1 aliphatic carbocycles. The van der Waals surface area contributed by atoms with Gasteiger partial charge in [-0.05, 0) is 51.7 Å². The van der Waals surface area contributed by atoms with Crippen molar-refractivity contribution in [2.75, 3.05) is 11.9 Å². The molecule has 9 nitrogen and oxygen atoms in total. The molecule has 1 saturated carbocycles. The molecule has 0 aromatic carbocycles. The quantitative estimate of drug-likeness (QED) is 0.670. The fourth-order valence-corrected chi connectivity index (χ4v) is 4.00. The molecule has 3 aromatic heterocycles. The fraction of sp³-hybridized carbons (Fsp3) is 0.455. The maximum absolute atomic E-state index is 12.8. The number of pyridine rings is 1. The number of fused-ring (bicyclic) bond motifs is 1. The fourth-order valence-electron chi connectivity index (χ4n) is 4.00. The van der Waals surface area contributed by atoms with E-state index in [0.29, 0.717) is 12.4 Å². The van der Waals surface area contributed by atoms with Crippen molar-refractivity contribution in [3.63, 3.8) is 0 Å². The summed E-state index contributed by atoms with van der Waals surface area (Å²) in [6, 6.07) is 3.47. The van der Waals surface area contributed by atoms with E-state index in [1.54, 1.807) is 27.3 Å². The van der Waals surface area contributed by atoms with Gasteiger partial charge in [0.1, 0.15) is 11.3 Å². The lowest BCUT2D eigenvalue weighted by molar-refractivity contribution is -0.0615. The van der Waals surface area contributed by atoms with Gasteiger partial charge in [-0.2, -0.15) is 0 Å². The van der Waals surface area contributed by atoms with Gasteiger partial charge < -0.3 is 14.6 Å². The van der Waals surface area contributed by atoms with Crippen molar-refractivity contribution in [2.24, 2.45) is 0 Å². The number of imidazole rings is 1. The third-order valence-corrected chi connectivity index (χ3v) is 6.09. The Labute approximate surface area is 178 Å². The van der Waals surface area contributed by atoms with Crippen molar-refractivity contribution in [3.8, 4) is 0 Å². The predicted molar refractivity (Wildman–Crippen MR) is 115 cm³/mol. The number of carbonyl (C=O) groups excluding carboxylic acids is 1. The highest BCUT2D eigenvalue weighted by Gasteiger charge is 2.30. The van der Waals surface area contributed by atoms with Crippen molar-refractivity contribution in [1.82, 2.24) is 18.9 Å². The number of anilines is 1. The Morgan fingerprint density at radius 2 is 2.06 bits per heavy atom. The first kappa shape index (κ1) is 19.7. The number of rotatable bonds is 4. The molecule has 2 N–H and O–H groups in total. The summed E-state index contributed by atoms with van der Waals surface area (Å²) in [5.74, 6) is -0.122. The molecule has 1 aliphatic heterocycles. The van der Waals surface area contributed by atoms with Gasteiger partial charge in [0.2, 0.25) is 5.78 Å². The Morgan fingerprint density at radius 3 is 2.77 bits per heavy atom. The molecule has 31 heavy (non-hydrogen) atoms. The second-order valence-corrected chi connectivity index (χ2v) is 9.02. The average Bonchev–Trinajstić information content (AvgIpc) is 3.48. The summed E-state index contributed by atoms with van der Waals surface area (Å²) >= 11 is 0. The van der Waals surface area contributed by atoms with Gasteiger partial charge in [0.25, 0.3) is 17.0 Å². The number of H-pyrrole nitrogens is 1. The standard InChI is InChI=1S/C22H25N5O4/c1-22(2)8-7-13(12-31-22)17-11-26-10-15(19(29)25-21(26)24-17)18(28)23-16-4-3-9-27(20(16)30)14-5-6-14/h3-4,9-11,13-14H,5-8,12H2,1-2H3,(H,23,28)(H,24,25,29). The Kier molecular flexibility index (Phi) is 4.58. The second kappa shape index (κ2) is 7.19. The van der Waals surface area contributed by atoms with Gasteiger partial charge in [0, 0.05) is 30.6 Å². The van der Waals surface area contributed by atoms with Gasteiger partial charge in [-0.15, -0.1) is 0 Å². The summed E-state index contributed by atoms with van der Waals surface area (Å²) in [6.07, 6.45) is 8.77. The first-order chi connectivity index (χ1) is 14.8. The van der Waals surface area contributed by atoms with Crippen molar-refractivity contribution in [1.29, 1.82) is 0 Å². The highest BCUT2D eigenvalue weighted by atomic mass is 16.5. The van der Waals surface area contributed by atoms with E-state index in [-0.39, 0.29) is 34.4 Å². The zero-order valence-electron chi connectivity index (χ0n) is 17.6. The van der Waals surface area contributed by atoms with Crippen molar-refractivity contribution < 1.29 is 9.53 Å². The smallest absolute Gasteiger partial charge is 0.274 e. The zero-order valence-corrected chi connectivity index (χ0v) is 17.6. The van der Waals surface area contributed by atoms with E-state index >= 15 is 0 Å². The lowest BCUT2D eigenvalue weighted by Gasteiger charge is -2.34. The van der Waals surface area contributed by atoms with Crippen LogP contribution in [0, 0.1) is 0 Å². The van der Waals surface area contributed by atoms with E-state index in [2.05, 4.69) is 29.1 Å². The Hall–Kier alpha value is -3.20. The molecule has 162 valence electrons. The molecule has 2 aliphatic rings. The summed E-state index contributed by atoms with van der Waals surface area (Å²) in [4.78, 5) is 45.1. The molecule has 0 spiro atoms. The molecule has 3 aromatic rings. The Balaban J connectivity index is 1.41. The van der Waals surface area contributed by atoms with Crippen LogP contribution in [0.2, 0.25) is 0 Å². The third kappa shape index (κ3) is 3.81. The van der Waals surface area contributed by atoms with Crippen LogP contribution in [0.5, 0.6) is 0 Å². The molecular weight excluding hydrogens is 398 g/mol. The summed E-state index contributed by atoms with van der Waals surface area (Å²) < 4.78 is 9.17. The van der Waals surface area contributed by atoms with Gasteiger partial charge >= 0.3 is 0 Å². The first-order valence-corrected chi connectivity index (χ1v) is 10.6. The van der Waals surface area contributed by atoms with Crippen LogP contribution in [0.15, 0.2) is 40.3 Å². The maximum Gasteiger partial charge on any atom is 0.274 e. The number of aromatic amines is 1. The number of hydrogen-bond donors (Lipinski definition) is 2. The van der Waals surface area contributed by atoms with Crippen LogP contribution < -0.4 is 16.4 Å². The van der Waals surface area contributed by atoms with Crippen molar-refractivity contribution in [2.45, 2.75) is 57.1 Å². The molecule has 5 rings (SSSR count). The lowest BCUT2D eigenvalue weighted by atomic mass is 9.90. The maximum atomic E-state index is 12.8. The van der Waals surface area contributed by atoms with Gasteiger partial charge in [0.15, 0.2) is 0 Å². The van der Waals surface area contributed by atoms with Crippen LogP contribution in [0.4, 0.5) is 5.69 Å². The van der Waals surface area contributed by atoms with E-state index in [1.165, 1.54) is 6.20 Å². The van der Waals surface area contributed by atoms with Gasteiger partial charge in [-0.3, -0.25) is 23.8 Å². The highest BCUT2D eigenvalue weighted by molar-refractivity contribution is 6.03. The highest BCUT2D eigenvalue weighted by Crippen LogP contribution is 2.34. The zero-order chi connectivity index (χ0) is 21.8. The van der Waals surface area contributed by atoms with Crippen LogP contribution in [0.25, 0.3) is 5.78 Å². The van der Waals surface area contributed by atoms with E-state index in [4.69, 9.17) is 4.74 Å². The number of nitrogens with one attached hydrogen (secondary N) is 2. The third-order valence-electron chi connectivity index (χ3n) is 6.09. The van der Waals surface area contributed by atoms with Crippen molar-refractivity contribution >= 4 is 17.4 Å². The largest absolute Gasteiger partial charge is 0.375 e. The second-order valence-electron chi connectivity index (χ2n) is 9.02. The van der Waals surface area contributed by atoms with E-state index in [9.17, 15) is 14.4 Å². The number of nitrogens with zero attached hydrogens (tertiary/aromatic N) is 3. The molecule has 4 heterocycles. The first-order valence-electron chi connectivity index (χ1n) is 10.6.